The Bertz CT molecular complexity index is 1460. The lowest BCUT2D eigenvalue weighted by Gasteiger charge is -2.33. The summed E-state index contributed by atoms with van der Waals surface area (Å²) in [6.07, 6.45) is 4.61. The van der Waals surface area contributed by atoms with E-state index in [9.17, 15) is 18.0 Å². The van der Waals surface area contributed by atoms with E-state index in [0.29, 0.717) is 12.1 Å². The number of aryl methyl sites for hydroxylation is 3. The molecule has 218 valence electrons. The molecule has 2 amide bonds. The second kappa shape index (κ2) is 13.3. The zero-order valence-electron chi connectivity index (χ0n) is 24.5. The smallest absolute Gasteiger partial charge is 0.264 e. The fourth-order valence-corrected chi connectivity index (χ4v) is 6.84. The number of nitrogens with zero attached hydrogens (tertiary/aromatic N) is 2. The molecule has 4 rings (SSSR count). The van der Waals surface area contributed by atoms with Gasteiger partial charge >= 0.3 is 0 Å². The number of carbonyl (C=O) groups is 2. The molecule has 0 bridgehead atoms. The number of benzene rings is 3. The molecule has 0 spiro atoms. The molecule has 3 aromatic carbocycles. The van der Waals surface area contributed by atoms with Crippen molar-refractivity contribution in [2.75, 3.05) is 10.8 Å². The molecule has 3 aromatic rings. The van der Waals surface area contributed by atoms with Crippen LogP contribution in [-0.4, -0.2) is 43.8 Å². The van der Waals surface area contributed by atoms with Crippen LogP contribution in [0.3, 0.4) is 0 Å². The van der Waals surface area contributed by atoms with Gasteiger partial charge in [0.05, 0.1) is 10.6 Å². The molecule has 1 atom stereocenters. The Kier molecular flexibility index (Phi) is 9.86. The minimum Gasteiger partial charge on any atom is -0.352 e. The number of rotatable bonds is 11. The van der Waals surface area contributed by atoms with E-state index < -0.39 is 28.5 Å². The van der Waals surface area contributed by atoms with Crippen molar-refractivity contribution in [3.63, 3.8) is 0 Å². The molecule has 0 aromatic heterocycles. The summed E-state index contributed by atoms with van der Waals surface area (Å²) in [7, 11) is -4.09. The van der Waals surface area contributed by atoms with Crippen molar-refractivity contribution < 1.29 is 18.0 Å². The fourth-order valence-electron chi connectivity index (χ4n) is 5.39. The maximum atomic E-state index is 14.2. The van der Waals surface area contributed by atoms with E-state index in [1.54, 1.807) is 43.3 Å². The normalized spacial score (nSPS) is 14.4. The van der Waals surface area contributed by atoms with E-state index in [0.717, 1.165) is 47.9 Å². The van der Waals surface area contributed by atoms with Gasteiger partial charge in [0.25, 0.3) is 10.0 Å². The Morgan fingerprint density at radius 1 is 0.927 bits per heavy atom. The Hall–Kier alpha value is -3.65. The minimum absolute atomic E-state index is 0.107. The Morgan fingerprint density at radius 3 is 2.27 bits per heavy atom. The van der Waals surface area contributed by atoms with E-state index >= 15 is 0 Å². The van der Waals surface area contributed by atoms with E-state index in [1.807, 2.05) is 57.2 Å². The third kappa shape index (κ3) is 7.36. The maximum absolute atomic E-state index is 14.2. The average Bonchev–Trinajstić information content (AvgIpc) is 3.47. The number of anilines is 1. The highest BCUT2D eigenvalue weighted by molar-refractivity contribution is 7.92. The zero-order chi connectivity index (χ0) is 29.6. The summed E-state index contributed by atoms with van der Waals surface area (Å²) < 4.78 is 29.4. The van der Waals surface area contributed by atoms with Crippen LogP contribution >= 0.6 is 0 Å². The van der Waals surface area contributed by atoms with Crippen LogP contribution in [0.15, 0.2) is 77.7 Å². The van der Waals surface area contributed by atoms with Crippen LogP contribution in [0, 0.1) is 13.8 Å². The van der Waals surface area contributed by atoms with Crippen molar-refractivity contribution in [2.24, 2.45) is 0 Å². The third-order valence-corrected chi connectivity index (χ3v) is 9.61. The molecule has 41 heavy (non-hydrogen) atoms. The first-order valence-electron chi connectivity index (χ1n) is 14.4. The summed E-state index contributed by atoms with van der Waals surface area (Å²) in [4.78, 5) is 29.2. The highest BCUT2D eigenvalue weighted by Crippen LogP contribution is 2.28. The molecule has 1 N–H and O–H groups in total. The van der Waals surface area contributed by atoms with Crippen molar-refractivity contribution in [1.29, 1.82) is 0 Å². The molecule has 0 unspecified atom stereocenters. The number of amides is 2. The molecule has 0 saturated heterocycles. The van der Waals surface area contributed by atoms with Gasteiger partial charge in [-0.05, 0) is 69.4 Å². The molecular weight excluding hydrogens is 534 g/mol. The molecule has 0 radical (unpaired) electrons. The molecule has 1 saturated carbocycles. The van der Waals surface area contributed by atoms with E-state index in [-0.39, 0.29) is 23.4 Å². The first-order chi connectivity index (χ1) is 19.6. The summed E-state index contributed by atoms with van der Waals surface area (Å²) in [6, 6.07) is 21.0. The first-order valence-corrected chi connectivity index (χ1v) is 15.9. The van der Waals surface area contributed by atoms with Crippen LogP contribution in [0.1, 0.15) is 61.8 Å². The van der Waals surface area contributed by atoms with Crippen molar-refractivity contribution in [2.45, 2.75) is 83.3 Å². The van der Waals surface area contributed by atoms with Crippen LogP contribution in [0.5, 0.6) is 0 Å². The second-order valence-corrected chi connectivity index (χ2v) is 12.8. The van der Waals surface area contributed by atoms with Gasteiger partial charge in [-0.25, -0.2) is 8.42 Å². The lowest BCUT2D eigenvalue weighted by atomic mass is 10.1. The number of carbonyl (C=O) groups excluding carboxylic acids is 2. The largest absolute Gasteiger partial charge is 0.352 e. The third-order valence-electron chi connectivity index (χ3n) is 7.83. The van der Waals surface area contributed by atoms with E-state index in [1.165, 1.54) is 9.21 Å². The van der Waals surface area contributed by atoms with Crippen LogP contribution in [0.2, 0.25) is 0 Å². The standard InChI is InChI=1S/C33H41N3O4S/c1-5-28-13-6-9-16-31(28)36(41(39,40)30-19-17-24(2)18-20-30)23-32(37)35(22-27-12-10-11-25(3)21-27)26(4)33(38)34-29-14-7-8-15-29/h6,9-13,16-21,26,29H,5,7-8,14-15,22-23H2,1-4H3,(H,34,38)/t26-/m0/s1. The van der Waals surface area contributed by atoms with Crippen LogP contribution < -0.4 is 9.62 Å². The summed E-state index contributed by atoms with van der Waals surface area (Å²) in [6.45, 7) is 7.30. The molecule has 8 heteroatoms. The first kappa shape index (κ1) is 30.3. The molecule has 1 fully saturated rings. The summed E-state index contributed by atoms with van der Waals surface area (Å²) in [5.41, 5.74) is 4.13. The van der Waals surface area contributed by atoms with Gasteiger partial charge in [0, 0.05) is 12.6 Å². The van der Waals surface area contributed by atoms with E-state index in [4.69, 9.17) is 0 Å². The number of hydrogen-bond donors (Lipinski definition) is 1. The summed E-state index contributed by atoms with van der Waals surface area (Å²) in [5.74, 6) is -0.665. The second-order valence-electron chi connectivity index (χ2n) is 11.0. The van der Waals surface area contributed by atoms with Gasteiger partial charge in [-0.3, -0.25) is 13.9 Å². The Labute approximate surface area is 244 Å². The molecule has 1 aliphatic rings. The molecular formula is C33H41N3O4S. The van der Waals surface area contributed by atoms with Crippen molar-refractivity contribution >= 4 is 27.5 Å². The topological polar surface area (TPSA) is 86.8 Å². The summed E-state index contributed by atoms with van der Waals surface area (Å²) in [5, 5.41) is 3.11. The Balaban J connectivity index is 1.71. The number of nitrogens with one attached hydrogen (secondary N) is 1. The highest BCUT2D eigenvalue weighted by atomic mass is 32.2. The van der Waals surface area contributed by atoms with Gasteiger partial charge in [-0.1, -0.05) is 85.5 Å². The lowest BCUT2D eigenvalue weighted by molar-refractivity contribution is -0.139. The highest BCUT2D eigenvalue weighted by Gasteiger charge is 2.34. The quantitative estimate of drug-likeness (QED) is 0.325. The van der Waals surface area contributed by atoms with Gasteiger partial charge in [0.2, 0.25) is 11.8 Å². The molecule has 1 aliphatic carbocycles. The van der Waals surface area contributed by atoms with Gasteiger partial charge in [0.15, 0.2) is 0 Å². The van der Waals surface area contributed by atoms with Gasteiger partial charge in [0.1, 0.15) is 12.6 Å². The van der Waals surface area contributed by atoms with Crippen LogP contribution in [0.4, 0.5) is 5.69 Å². The predicted octanol–water partition coefficient (Wildman–Crippen LogP) is 5.54. The Morgan fingerprint density at radius 2 is 1.61 bits per heavy atom. The fraction of sp³-hybridized carbons (Fsp3) is 0.394. The van der Waals surface area contributed by atoms with Crippen molar-refractivity contribution in [1.82, 2.24) is 10.2 Å². The zero-order valence-corrected chi connectivity index (χ0v) is 25.3. The molecule has 7 nitrogen and oxygen atoms in total. The molecule has 0 heterocycles. The van der Waals surface area contributed by atoms with Gasteiger partial charge < -0.3 is 10.2 Å². The monoisotopic (exact) mass is 575 g/mol. The van der Waals surface area contributed by atoms with Gasteiger partial charge in [-0.2, -0.15) is 0 Å². The maximum Gasteiger partial charge on any atom is 0.264 e. The van der Waals surface area contributed by atoms with E-state index in [2.05, 4.69) is 5.32 Å². The lowest BCUT2D eigenvalue weighted by Crippen LogP contribution is -2.52. The van der Waals surface area contributed by atoms with Crippen molar-refractivity contribution in [3.8, 4) is 0 Å². The minimum atomic E-state index is -4.09. The van der Waals surface area contributed by atoms with Gasteiger partial charge in [-0.15, -0.1) is 0 Å². The van der Waals surface area contributed by atoms with Crippen LogP contribution in [-0.2, 0) is 32.6 Å². The summed E-state index contributed by atoms with van der Waals surface area (Å²) >= 11 is 0. The SMILES string of the molecule is CCc1ccccc1N(CC(=O)N(Cc1cccc(C)c1)[C@@H](C)C(=O)NC1CCCC1)S(=O)(=O)c1ccc(C)cc1. The number of sulfonamides is 1. The number of hydrogen-bond acceptors (Lipinski definition) is 4. The van der Waals surface area contributed by atoms with Crippen LogP contribution in [0.25, 0.3) is 0 Å². The molecule has 0 aliphatic heterocycles. The van der Waals surface area contributed by atoms with Crippen molar-refractivity contribution in [3.05, 3.63) is 95.1 Å². The number of para-hydroxylation sites is 1. The average molecular weight is 576 g/mol. The predicted molar refractivity (Wildman–Crippen MR) is 163 cm³/mol.